The molecule has 17 heteroatoms. The number of benzene rings is 5. The van der Waals surface area contributed by atoms with E-state index in [2.05, 4.69) is 47.0 Å². The average molecular weight is 1100 g/mol. The van der Waals surface area contributed by atoms with Gasteiger partial charge in [-0.15, -0.1) is 0 Å². The van der Waals surface area contributed by atoms with Crippen molar-refractivity contribution in [2.45, 2.75) is 127 Å². The number of Topliss-reactive ketones (excluding diaryl/α,β-unsaturated/α-hetero) is 1. The second kappa shape index (κ2) is 25.8. The van der Waals surface area contributed by atoms with Crippen molar-refractivity contribution < 1.29 is 47.7 Å². The van der Waals surface area contributed by atoms with Gasteiger partial charge in [0.15, 0.2) is 5.78 Å². The average Bonchev–Trinajstić information content (AvgIpc) is 4.15. The van der Waals surface area contributed by atoms with Crippen LogP contribution in [0.2, 0.25) is 0 Å². The quantitative estimate of drug-likeness (QED) is 0.0351. The molecule has 6 aromatic rings. The summed E-state index contributed by atoms with van der Waals surface area (Å²) in [5.41, 5.74) is 17.0. The van der Waals surface area contributed by atoms with Crippen LogP contribution in [0.15, 0.2) is 114 Å². The zero-order valence-corrected chi connectivity index (χ0v) is 46.2. The summed E-state index contributed by atoms with van der Waals surface area (Å²) in [6.07, 6.45) is 5.23. The molecule has 0 spiro atoms. The Hall–Kier alpha value is -7.73. The molecular weight excluding hydrogens is 1030 g/mol. The third-order valence-corrected chi connectivity index (χ3v) is 16.6. The molecule has 0 saturated carbocycles. The van der Waals surface area contributed by atoms with E-state index in [-0.39, 0.29) is 61.0 Å². The van der Waals surface area contributed by atoms with Crippen LogP contribution < -0.4 is 27.0 Å². The first-order chi connectivity index (χ1) is 39.3. The van der Waals surface area contributed by atoms with Gasteiger partial charge in [-0.2, -0.15) is 0 Å². The number of para-hydroxylation sites is 1. The molecule has 1 unspecified atom stereocenters. The Labute approximate surface area is 471 Å². The van der Waals surface area contributed by atoms with Gasteiger partial charge in [-0.05, 0) is 133 Å². The van der Waals surface area contributed by atoms with Gasteiger partial charge >= 0.3 is 11.8 Å². The Morgan fingerprint density at radius 3 is 2.10 bits per heavy atom. The highest BCUT2D eigenvalue weighted by Crippen LogP contribution is 2.45. The molecule has 1 aromatic heterocycles. The van der Waals surface area contributed by atoms with Crippen molar-refractivity contribution in [3.8, 4) is 11.1 Å². The molecule has 17 nitrogen and oxygen atoms in total. The van der Waals surface area contributed by atoms with Gasteiger partial charge in [-0.25, -0.2) is 9.59 Å². The minimum Gasteiger partial charge on any atom is -0.449 e. The predicted octanol–water partition coefficient (Wildman–Crippen LogP) is 7.86. The fourth-order valence-corrected chi connectivity index (χ4v) is 12.2. The number of carbonyl (C=O) groups is 6. The van der Waals surface area contributed by atoms with Crippen LogP contribution in [-0.2, 0) is 82.3 Å². The van der Waals surface area contributed by atoms with Crippen molar-refractivity contribution in [3.63, 3.8) is 0 Å². The third kappa shape index (κ3) is 12.9. The number of nitrogens with zero attached hydrogens (tertiary/aromatic N) is 3. The summed E-state index contributed by atoms with van der Waals surface area (Å²) >= 11 is 0. The molecule has 0 bridgehead atoms. The Kier molecular flexibility index (Phi) is 18.0. The lowest BCUT2D eigenvalue weighted by Gasteiger charge is -2.30. The van der Waals surface area contributed by atoms with Crippen molar-refractivity contribution >= 4 is 52.2 Å². The van der Waals surface area contributed by atoms with Crippen molar-refractivity contribution in [1.29, 1.82) is 0 Å². The Morgan fingerprint density at radius 1 is 0.741 bits per heavy atom. The second-order valence-corrected chi connectivity index (χ2v) is 22.0. The van der Waals surface area contributed by atoms with Gasteiger partial charge < -0.3 is 30.0 Å². The lowest BCUT2D eigenvalue weighted by Crippen LogP contribution is -2.52. The lowest BCUT2D eigenvalue weighted by molar-refractivity contribution is -0.135. The summed E-state index contributed by atoms with van der Waals surface area (Å²) in [4.78, 5) is 93.6. The molecule has 1 aliphatic carbocycles. The van der Waals surface area contributed by atoms with E-state index >= 15 is 0 Å². The maximum atomic E-state index is 14.6. The number of rotatable bonds is 26. The summed E-state index contributed by atoms with van der Waals surface area (Å²) in [6, 6.07) is 33.8. The molecule has 81 heavy (non-hydrogen) atoms. The number of carbonyl (C=O) groups excluding carboxylic acids is 6. The smallest absolute Gasteiger partial charge is 0.407 e. The van der Waals surface area contributed by atoms with Crippen LogP contribution in [0.4, 0.5) is 10.5 Å². The zero-order chi connectivity index (χ0) is 56.6. The number of nitrogens with two attached hydrogens (primary N) is 1. The van der Waals surface area contributed by atoms with E-state index in [4.69, 9.17) is 24.7 Å². The van der Waals surface area contributed by atoms with Crippen LogP contribution in [0, 0.1) is 5.92 Å². The van der Waals surface area contributed by atoms with Crippen LogP contribution in [0.1, 0.15) is 116 Å². The van der Waals surface area contributed by atoms with E-state index in [1.54, 1.807) is 16.5 Å². The molecule has 10 rings (SSSR count). The first-order valence-electron chi connectivity index (χ1n) is 28.6. The van der Waals surface area contributed by atoms with Crippen LogP contribution in [0.5, 0.6) is 0 Å². The van der Waals surface area contributed by atoms with Crippen LogP contribution in [-0.4, -0.2) is 95.9 Å². The number of nitrogens with one attached hydrogen (secondary N) is 2. The number of imidazole rings is 1. The first-order valence-corrected chi connectivity index (χ1v) is 28.6. The van der Waals surface area contributed by atoms with Gasteiger partial charge in [0.05, 0.1) is 35.5 Å². The molecular formula is C64H72N6O11. The van der Waals surface area contributed by atoms with E-state index in [9.17, 15) is 33.6 Å². The van der Waals surface area contributed by atoms with E-state index in [1.807, 2.05) is 79.7 Å². The Balaban J connectivity index is 0.641. The summed E-state index contributed by atoms with van der Waals surface area (Å²) < 4.78 is 27.1. The van der Waals surface area contributed by atoms with Gasteiger partial charge in [0.2, 0.25) is 23.6 Å². The highest BCUT2D eigenvalue weighted by molar-refractivity contribution is 6.08. The summed E-state index contributed by atoms with van der Waals surface area (Å²) in [5.74, 6) is -2.20. The molecule has 4 N–H and O–H groups in total. The number of anilines is 1. The van der Waals surface area contributed by atoms with Crippen LogP contribution in [0.25, 0.3) is 22.2 Å². The van der Waals surface area contributed by atoms with Gasteiger partial charge in [-0.1, -0.05) is 97.1 Å². The highest BCUT2D eigenvalue weighted by Gasteiger charge is 2.45. The summed E-state index contributed by atoms with van der Waals surface area (Å²) in [5, 5.41) is 5.22. The molecule has 1 saturated heterocycles. The molecule has 5 amide bonds. The molecule has 5 aromatic carbocycles. The number of aromatic nitrogens is 2. The van der Waals surface area contributed by atoms with Gasteiger partial charge in [0.25, 0.3) is 0 Å². The molecule has 4 aliphatic rings. The van der Waals surface area contributed by atoms with Crippen molar-refractivity contribution in [1.82, 2.24) is 19.8 Å². The number of ketones is 1. The fraction of sp³-hybridized carbons (Fsp3) is 0.422. The van der Waals surface area contributed by atoms with E-state index in [0.717, 1.165) is 87.8 Å². The largest absolute Gasteiger partial charge is 0.449 e. The number of hydrogen-bond acceptors (Lipinski definition) is 11. The van der Waals surface area contributed by atoms with Gasteiger partial charge in [0, 0.05) is 65.1 Å². The molecule has 1 fully saturated rings. The Morgan fingerprint density at radius 2 is 1.40 bits per heavy atom. The number of amides is 5. The van der Waals surface area contributed by atoms with E-state index in [0.29, 0.717) is 70.7 Å². The van der Waals surface area contributed by atoms with Gasteiger partial charge in [-0.3, -0.25) is 43.3 Å². The van der Waals surface area contributed by atoms with Crippen LogP contribution >= 0.6 is 0 Å². The second-order valence-electron chi connectivity index (χ2n) is 22.0. The zero-order valence-electron chi connectivity index (χ0n) is 46.2. The fourth-order valence-electron chi connectivity index (χ4n) is 12.2. The molecule has 0 radical (unpaired) electrons. The number of imide groups is 1. The molecule has 424 valence electrons. The molecule has 5 atom stereocenters. The number of aryl methyl sites for hydroxylation is 4. The van der Waals surface area contributed by atoms with Crippen molar-refractivity contribution in [3.05, 3.63) is 159 Å². The van der Waals surface area contributed by atoms with E-state index in [1.165, 1.54) is 10.1 Å². The number of piperidine rings is 1. The number of alkyl carbamates (subject to hydrolysis) is 1. The Bertz CT molecular complexity index is 3320. The monoisotopic (exact) mass is 1100 g/mol. The summed E-state index contributed by atoms with van der Waals surface area (Å²) in [7, 11) is 1.70. The minimum absolute atomic E-state index is 0.0725. The SMILES string of the molecule is C[C@@H](OCc1ccc(CCCOCCCOCCCc2ccc3c(c2)n(C)c(=O)n3C2CCC(=O)NC2=O)cc1)[C@H](CCC(N)=O)CC(=O)[C@@H]1Cc2cccc3c2N1C(=O)[C@@H](NC(=O)OCC1c2ccccc2-c2ccccc21)CC3. The standard InChI is InChI=1S/C64H72N6O11/c1-40(80-38-43-21-19-41(20-22-43)11-8-31-78-33-10-34-79-32-9-12-42-23-27-53-55(35-42)68(2)64(77)69(53)54-28-30-59(73)67-61(54)74)45(25-29-58(65)72)37-57(71)56-36-46-14-7-13-44-24-26-52(62(75)70(56)60(44)46)66-63(76)81-39-51-49-17-5-3-15-47(49)48-16-4-6-18-50(48)51/h3-7,13-23,27,35,40,45,51-52,54,56H,8-12,24-26,28-34,36-39H2,1-2H3,(H2,65,72)(H,66,76)(H,67,73,74)/t40-,45-,52+,54?,56+/m1/s1. The van der Waals surface area contributed by atoms with Gasteiger partial charge in [0.1, 0.15) is 18.7 Å². The maximum absolute atomic E-state index is 14.6. The molecule has 3 aliphatic heterocycles. The molecule has 4 heterocycles. The number of fused-ring (bicyclic) bond motifs is 4. The normalized spacial score (nSPS) is 18.2. The topological polar surface area (TPSA) is 220 Å². The maximum Gasteiger partial charge on any atom is 0.407 e. The number of primary amides is 1. The minimum atomic E-state index is -0.905. The summed E-state index contributed by atoms with van der Waals surface area (Å²) in [6.45, 7) is 4.75. The van der Waals surface area contributed by atoms with Crippen LogP contribution in [0.3, 0.4) is 0 Å². The third-order valence-electron chi connectivity index (χ3n) is 16.6. The number of hydrogen-bond donors (Lipinski definition) is 3. The van der Waals surface area contributed by atoms with Crippen molar-refractivity contribution in [2.24, 2.45) is 18.7 Å². The highest BCUT2D eigenvalue weighted by atomic mass is 16.5. The van der Waals surface area contributed by atoms with E-state index < -0.39 is 42.1 Å². The first kappa shape index (κ1) is 56.5. The lowest BCUT2D eigenvalue weighted by atomic mass is 9.89. The number of ether oxygens (including phenoxy) is 4. The van der Waals surface area contributed by atoms with Crippen molar-refractivity contribution in [2.75, 3.05) is 37.9 Å². The predicted molar refractivity (Wildman–Crippen MR) is 305 cm³/mol.